The quantitative estimate of drug-likeness (QED) is 0.646. The lowest BCUT2D eigenvalue weighted by Crippen LogP contribution is -1.97. The number of aromatic nitrogens is 1. The summed E-state index contributed by atoms with van der Waals surface area (Å²) in [7, 11) is 0. The van der Waals surface area contributed by atoms with Crippen molar-refractivity contribution in [1.29, 1.82) is 0 Å². The van der Waals surface area contributed by atoms with E-state index in [1.807, 2.05) is 30.3 Å². The summed E-state index contributed by atoms with van der Waals surface area (Å²) in [4.78, 5) is 4.14. The molecule has 0 aliphatic heterocycles. The van der Waals surface area contributed by atoms with Gasteiger partial charge in [0.05, 0.1) is 0 Å². The Morgan fingerprint density at radius 3 is 2.42 bits per heavy atom. The molecule has 0 saturated heterocycles. The van der Waals surface area contributed by atoms with Gasteiger partial charge in [-0.2, -0.15) is 0 Å². The molecule has 2 nitrogen and oxygen atoms in total. The molecule has 0 atom stereocenters. The number of pyridine rings is 1. The maximum absolute atomic E-state index is 13.4. The number of hydrogen-bond acceptors (Lipinski definition) is 2. The molecule has 1 aromatic heterocycles. The molecule has 0 spiro atoms. The van der Waals surface area contributed by atoms with Crippen molar-refractivity contribution in [2.24, 2.45) is 0 Å². The number of benzene rings is 2. The van der Waals surface area contributed by atoms with E-state index in [0.29, 0.717) is 17.7 Å². The van der Waals surface area contributed by atoms with Crippen LogP contribution in [0.3, 0.4) is 0 Å². The van der Waals surface area contributed by atoms with Gasteiger partial charge < -0.3 is 4.74 Å². The summed E-state index contributed by atoms with van der Waals surface area (Å²) in [5, 5.41) is 0. The Labute approximate surface area is 139 Å². The van der Waals surface area contributed by atoms with Gasteiger partial charge in [0.1, 0.15) is 24.0 Å². The smallest absolute Gasteiger partial charge is 0.126 e. The normalized spacial score (nSPS) is 10.6. The largest absolute Gasteiger partial charge is 0.489 e. The molecular formula is C20H17F2NO. The predicted octanol–water partition coefficient (Wildman–Crippen LogP) is 5.17. The first kappa shape index (κ1) is 16.1. The molecule has 0 unspecified atom stereocenters. The van der Waals surface area contributed by atoms with Gasteiger partial charge in [0.15, 0.2) is 0 Å². The van der Waals surface area contributed by atoms with Crippen molar-refractivity contribution in [3.8, 4) is 16.9 Å². The van der Waals surface area contributed by atoms with Crippen LogP contribution >= 0.6 is 0 Å². The molecule has 0 aliphatic carbocycles. The maximum Gasteiger partial charge on any atom is 0.126 e. The Hall–Kier alpha value is -2.75. The van der Waals surface area contributed by atoms with Crippen LogP contribution in [0.4, 0.5) is 8.78 Å². The lowest BCUT2D eigenvalue weighted by Gasteiger charge is -2.09. The highest BCUT2D eigenvalue weighted by molar-refractivity contribution is 5.63. The molecule has 3 rings (SSSR count). The van der Waals surface area contributed by atoms with E-state index < -0.39 is 11.6 Å². The van der Waals surface area contributed by atoms with E-state index in [1.54, 1.807) is 12.4 Å². The molecule has 3 aromatic rings. The molecule has 2 aromatic carbocycles. The molecular weight excluding hydrogens is 308 g/mol. The molecule has 24 heavy (non-hydrogen) atoms. The van der Waals surface area contributed by atoms with Crippen molar-refractivity contribution in [3.63, 3.8) is 0 Å². The second-order valence-electron chi connectivity index (χ2n) is 5.53. The van der Waals surface area contributed by atoms with Gasteiger partial charge in [0.25, 0.3) is 0 Å². The highest BCUT2D eigenvalue weighted by atomic mass is 19.1. The number of halogens is 2. The van der Waals surface area contributed by atoms with Crippen LogP contribution < -0.4 is 4.74 Å². The zero-order chi connectivity index (χ0) is 16.9. The molecule has 0 saturated carbocycles. The van der Waals surface area contributed by atoms with Crippen LogP contribution in [-0.4, -0.2) is 4.98 Å². The third kappa shape index (κ3) is 3.96. The summed E-state index contributed by atoms with van der Waals surface area (Å²) in [6, 6.07) is 13.2. The average molecular weight is 325 g/mol. The highest BCUT2D eigenvalue weighted by Gasteiger charge is 2.05. The molecule has 0 N–H and O–H groups in total. The van der Waals surface area contributed by atoms with Gasteiger partial charge in [0.2, 0.25) is 0 Å². The second-order valence-corrected chi connectivity index (χ2v) is 5.53. The van der Waals surface area contributed by atoms with Gasteiger partial charge >= 0.3 is 0 Å². The second kappa shape index (κ2) is 7.21. The summed E-state index contributed by atoms with van der Waals surface area (Å²) < 4.78 is 32.5. The molecule has 0 bridgehead atoms. The predicted molar refractivity (Wildman–Crippen MR) is 89.7 cm³/mol. The summed E-state index contributed by atoms with van der Waals surface area (Å²) in [5.41, 5.74) is 3.14. The van der Waals surface area contributed by atoms with Crippen LogP contribution in [0.25, 0.3) is 11.1 Å². The lowest BCUT2D eigenvalue weighted by atomic mass is 10.1. The Kier molecular flexibility index (Phi) is 4.85. The number of ether oxygens (including phenoxy) is 1. The Balaban J connectivity index is 1.77. The van der Waals surface area contributed by atoms with E-state index in [1.165, 1.54) is 17.7 Å². The fourth-order valence-corrected chi connectivity index (χ4v) is 2.47. The summed E-state index contributed by atoms with van der Waals surface area (Å²) >= 11 is 0. The molecule has 1 heterocycles. The van der Waals surface area contributed by atoms with Crippen LogP contribution in [0.2, 0.25) is 0 Å². The van der Waals surface area contributed by atoms with E-state index in [0.717, 1.165) is 23.8 Å². The number of hydrogen-bond donors (Lipinski definition) is 0. The minimum absolute atomic E-state index is 0.339. The molecule has 0 radical (unpaired) electrons. The number of nitrogens with zero attached hydrogens (tertiary/aromatic N) is 1. The van der Waals surface area contributed by atoms with Gasteiger partial charge in [-0.1, -0.05) is 19.1 Å². The van der Waals surface area contributed by atoms with Crippen molar-refractivity contribution >= 4 is 0 Å². The van der Waals surface area contributed by atoms with E-state index in [2.05, 4.69) is 11.9 Å². The standard InChI is InChI=1S/C20H17F2NO/c1-2-14-4-3-5-20(7-14)24-13-15-6-17(12-23-11-15)16-8-18(21)10-19(22)9-16/h3-12H,2,13H2,1H3. The molecule has 4 heteroatoms. The SMILES string of the molecule is CCc1cccc(OCc2cncc(-c3cc(F)cc(F)c3)c2)c1. The fraction of sp³-hybridized carbons (Fsp3) is 0.150. The summed E-state index contributed by atoms with van der Waals surface area (Å²) in [6.07, 6.45) is 4.21. The molecule has 0 fully saturated rings. The van der Waals surface area contributed by atoms with Crippen molar-refractivity contribution < 1.29 is 13.5 Å². The van der Waals surface area contributed by atoms with Crippen LogP contribution in [0.5, 0.6) is 5.75 Å². The summed E-state index contributed by atoms with van der Waals surface area (Å²) in [6.45, 7) is 2.43. The third-order valence-corrected chi connectivity index (χ3v) is 3.70. The van der Waals surface area contributed by atoms with E-state index in [4.69, 9.17) is 4.74 Å². The minimum Gasteiger partial charge on any atom is -0.489 e. The van der Waals surface area contributed by atoms with Crippen LogP contribution in [-0.2, 0) is 13.0 Å². The van der Waals surface area contributed by atoms with Gasteiger partial charge in [-0.05, 0) is 47.9 Å². The zero-order valence-electron chi connectivity index (χ0n) is 13.3. The Bertz CT molecular complexity index is 828. The number of aryl methyl sites for hydroxylation is 1. The first-order valence-electron chi connectivity index (χ1n) is 7.76. The van der Waals surface area contributed by atoms with Crippen molar-refractivity contribution in [2.75, 3.05) is 0 Å². The minimum atomic E-state index is -0.608. The number of rotatable bonds is 5. The Morgan fingerprint density at radius 1 is 0.875 bits per heavy atom. The maximum atomic E-state index is 13.4. The van der Waals surface area contributed by atoms with E-state index in [-0.39, 0.29) is 0 Å². The van der Waals surface area contributed by atoms with Crippen molar-refractivity contribution in [2.45, 2.75) is 20.0 Å². The van der Waals surface area contributed by atoms with E-state index >= 15 is 0 Å². The topological polar surface area (TPSA) is 22.1 Å². The molecule has 122 valence electrons. The van der Waals surface area contributed by atoms with E-state index in [9.17, 15) is 8.78 Å². The van der Waals surface area contributed by atoms with Crippen molar-refractivity contribution in [3.05, 3.63) is 83.7 Å². The molecule has 0 aliphatic rings. The third-order valence-electron chi connectivity index (χ3n) is 3.70. The van der Waals surface area contributed by atoms with Gasteiger partial charge in [-0.3, -0.25) is 4.98 Å². The highest BCUT2D eigenvalue weighted by Crippen LogP contribution is 2.22. The zero-order valence-corrected chi connectivity index (χ0v) is 13.3. The first-order chi connectivity index (χ1) is 11.6. The lowest BCUT2D eigenvalue weighted by molar-refractivity contribution is 0.305. The van der Waals surface area contributed by atoms with Crippen LogP contribution in [0, 0.1) is 11.6 Å². The molecule has 0 amide bonds. The van der Waals surface area contributed by atoms with Gasteiger partial charge in [-0.25, -0.2) is 8.78 Å². The van der Waals surface area contributed by atoms with Crippen LogP contribution in [0.15, 0.2) is 60.9 Å². The van der Waals surface area contributed by atoms with Gasteiger partial charge in [-0.15, -0.1) is 0 Å². The van der Waals surface area contributed by atoms with Crippen molar-refractivity contribution in [1.82, 2.24) is 4.98 Å². The average Bonchev–Trinajstić information content (AvgIpc) is 2.59. The first-order valence-corrected chi connectivity index (χ1v) is 7.76. The monoisotopic (exact) mass is 325 g/mol. The van der Waals surface area contributed by atoms with Crippen LogP contribution in [0.1, 0.15) is 18.1 Å². The summed E-state index contributed by atoms with van der Waals surface area (Å²) in [5.74, 6) is -0.428. The van der Waals surface area contributed by atoms with Gasteiger partial charge in [0, 0.05) is 29.6 Å². The Morgan fingerprint density at radius 2 is 1.67 bits per heavy atom. The fourth-order valence-electron chi connectivity index (χ4n) is 2.47.